The number of nitrogens with one attached hydrogen (secondary N) is 1. The largest absolute Gasteiger partial charge is 0.480 e. The fourth-order valence-electron chi connectivity index (χ4n) is 1.51. The Bertz CT molecular complexity index is 675. The SMILES string of the molecule is Cc1sc2nc(S[C@@H](C)C(=O)O)[nH]c(=O)c2c1C. The maximum Gasteiger partial charge on any atom is 0.316 e. The number of carboxylic acids is 1. The molecule has 5 nitrogen and oxygen atoms in total. The van der Waals surface area contributed by atoms with Gasteiger partial charge in [0, 0.05) is 4.88 Å². The monoisotopic (exact) mass is 284 g/mol. The van der Waals surface area contributed by atoms with E-state index in [-0.39, 0.29) is 5.56 Å². The Labute approximate surface area is 111 Å². The van der Waals surface area contributed by atoms with Crippen LogP contribution in [0.3, 0.4) is 0 Å². The molecule has 1 atom stereocenters. The third-order valence-corrected chi connectivity index (χ3v) is 4.73. The van der Waals surface area contributed by atoms with Crippen molar-refractivity contribution in [2.75, 3.05) is 0 Å². The number of thioether (sulfide) groups is 1. The Morgan fingerprint density at radius 2 is 2.17 bits per heavy atom. The van der Waals surface area contributed by atoms with Gasteiger partial charge in [-0.15, -0.1) is 11.3 Å². The number of hydrogen-bond donors (Lipinski definition) is 2. The molecular weight excluding hydrogens is 272 g/mol. The molecule has 0 radical (unpaired) electrons. The molecule has 2 rings (SSSR count). The Kier molecular flexibility index (Phi) is 3.45. The summed E-state index contributed by atoms with van der Waals surface area (Å²) in [6, 6.07) is 0. The number of rotatable bonds is 3. The van der Waals surface area contributed by atoms with Gasteiger partial charge in [-0.05, 0) is 26.3 Å². The number of aromatic amines is 1. The quantitative estimate of drug-likeness (QED) is 0.666. The van der Waals surface area contributed by atoms with Gasteiger partial charge in [-0.1, -0.05) is 11.8 Å². The summed E-state index contributed by atoms with van der Waals surface area (Å²) in [7, 11) is 0. The molecule has 0 bridgehead atoms. The van der Waals surface area contributed by atoms with Gasteiger partial charge in [0.25, 0.3) is 5.56 Å². The van der Waals surface area contributed by atoms with Gasteiger partial charge < -0.3 is 10.1 Å². The normalized spacial score (nSPS) is 12.8. The van der Waals surface area contributed by atoms with Crippen molar-refractivity contribution in [3.8, 4) is 0 Å². The number of thiophene rings is 1. The first kappa shape index (κ1) is 13.1. The minimum absolute atomic E-state index is 0.207. The van der Waals surface area contributed by atoms with E-state index in [0.717, 1.165) is 22.2 Å². The second kappa shape index (κ2) is 4.74. The summed E-state index contributed by atoms with van der Waals surface area (Å²) in [5.41, 5.74) is 0.730. The summed E-state index contributed by atoms with van der Waals surface area (Å²) in [5.74, 6) is -0.929. The van der Waals surface area contributed by atoms with Gasteiger partial charge >= 0.3 is 5.97 Å². The van der Waals surface area contributed by atoms with Crippen LogP contribution in [0.4, 0.5) is 0 Å². The first-order chi connectivity index (χ1) is 8.40. The molecule has 2 aromatic heterocycles. The first-order valence-electron chi connectivity index (χ1n) is 5.29. The van der Waals surface area contributed by atoms with Gasteiger partial charge in [-0.25, -0.2) is 4.98 Å². The van der Waals surface area contributed by atoms with Crippen molar-refractivity contribution >= 4 is 39.3 Å². The number of aromatic nitrogens is 2. The van der Waals surface area contributed by atoms with Crippen LogP contribution >= 0.6 is 23.1 Å². The minimum atomic E-state index is -0.929. The Balaban J connectivity index is 2.50. The summed E-state index contributed by atoms with van der Waals surface area (Å²) >= 11 is 2.49. The van der Waals surface area contributed by atoms with Crippen molar-refractivity contribution in [2.45, 2.75) is 31.2 Å². The lowest BCUT2D eigenvalue weighted by Crippen LogP contribution is -2.14. The lowest BCUT2D eigenvalue weighted by atomic mass is 10.2. The highest BCUT2D eigenvalue weighted by Crippen LogP contribution is 2.28. The minimum Gasteiger partial charge on any atom is -0.480 e. The van der Waals surface area contributed by atoms with Gasteiger partial charge in [0.2, 0.25) is 0 Å². The number of aryl methyl sites for hydroxylation is 2. The second-order valence-electron chi connectivity index (χ2n) is 3.93. The molecule has 0 spiro atoms. The van der Waals surface area contributed by atoms with Crippen molar-refractivity contribution in [2.24, 2.45) is 0 Å². The Morgan fingerprint density at radius 3 is 2.78 bits per heavy atom. The molecule has 0 aliphatic carbocycles. The Morgan fingerprint density at radius 1 is 1.50 bits per heavy atom. The molecule has 0 aliphatic rings. The highest BCUT2D eigenvalue weighted by molar-refractivity contribution is 8.00. The first-order valence-corrected chi connectivity index (χ1v) is 6.99. The molecular formula is C11H12N2O3S2. The number of aliphatic carboxylic acids is 1. The highest BCUT2D eigenvalue weighted by atomic mass is 32.2. The topological polar surface area (TPSA) is 83.0 Å². The standard InChI is InChI=1S/C11H12N2O3S2/c1-4-5(2)17-9-7(4)8(14)12-11(13-9)18-6(3)10(15)16/h6H,1-3H3,(H,15,16)(H,12,13,14)/t6-/m0/s1. The predicted octanol–water partition coefficient (Wildman–Crippen LogP) is 2.17. The van der Waals surface area contributed by atoms with Gasteiger partial charge in [-0.3, -0.25) is 9.59 Å². The molecule has 2 N–H and O–H groups in total. The summed E-state index contributed by atoms with van der Waals surface area (Å²) in [6.45, 7) is 5.38. The fraction of sp³-hybridized carbons (Fsp3) is 0.364. The molecule has 7 heteroatoms. The number of H-pyrrole nitrogens is 1. The van der Waals surface area contributed by atoms with Crippen LogP contribution in [0.1, 0.15) is 17.4 Å². The zero-order valence-electron chi connectivity index (χ0n) is 10.1. The number of carboxylic acid groups (broad SMARTS) is 1. The fourth-order valence-corrected chi connectivity index (χ4v) is 3.33. The van der Waals surface area contributed by atoms with E-state index in [9.17, 15) is 9.59 Å². The van der Waals surface area contributed by atoms with Crippen molar-refractivity contribution < 1.29 is 9.90 Å². The molecule has 0 aromatic carbocycles. The van der Waals surface area contributed by atoms with E-state index >= 15 is 0 Å². The van der Waals surface area contributed by atoms with Gasteiger partial charge in [0.1, 0.15) is 10.1 Å². The van der Waals surface area contributed by atoms with E-state index in [4.69, 9.17) is 5.11 Å². The zero-order valence-corrected chi connectivity index (χ0v) is 11.7. The average Bonchev–Trinajstić information content (AvgIpc) is 2.54. The third kappa shape index (κ3) is 2.28. The smallest absolute Gasteiger partial charge is 0.316 e. The van der Waals surface area contributed by atoms with E-state index in [2.05, 4.69) is 9.97 Å². The van der Waals surface area contributed by atoms with Crippen LogP contribution in [-0.4, -0.2) is 26.3 Å². The van der Waals surface area contributed by atoms with Crippen molar-refractivity contribution in [1.82, 2.24) is 9.97 Å². The summed E-state index contributed by atoms with van der Waals surface area (Å²) in [5, 5.41) is 9.14. The number of nitrogens with zero attached hydrogens (tertiary/aromatic N) is 1. The van der Waals surface area contributed by atoms with Gasteiger partial charge in [0.05, 0.1) is 5.39 Å². The number of hydrogen-bond acceptors (Lipinski definition) is 5. The van der Waals surface area contributed by atoms with Crippen LogP contribution in [-0.2, 0) is 4.79 Å². The molecule has 2 heterocycles. The van der Waals surface area contributed by atoms with Crippen molar-refractivity contribution in [1.29, 1.82) is 0 Å². The predicted molar refractivity (Wildman–Crippen MR) is 72.7 cm³/mol. The third-order valence-electron chi connectivity index (χ3n) is 2.65. The zero-order chi connectivity index (χ0) is 13.4. The summed E-state index contributed by atoms with van der Waals surface area (Å²) in [6.07, 6.45) is 0. The van der Waals surface area contributed by atoms with E-state index in [1.807, 2.05) is 13.8 Å². The molecule has 0 fully saturated rings. The maximum absolute atomic E-state index is 11.9. The van der Waals surface area contributed by atoms with Crippen molar-refractivity contribution in [3.63, 3.8) is 0 Å². The number of fused-ring (bicyclic) bond motifs is 1. The van der Waals surface area contributed by atoms with Crippen LogP contribution in [0, 0.1) is 13.8 Å². The maximum atomic E-state index is 11.9. The molecule has 0 aliphatic heterocycles. The summed E-state index contributed by atoms with van der Waals surface area (Å²) < 4.78 is 0. The van der Waals surface area contributed by atoms with Crippen LogP contribution in [0.2, 0.25) is 0 Å². The van der Waals surface area contributed by atoms with Crippen LogP contribution in [0.25, 0.3) is 10.2 Å². The average molecular weight is 284 g/mol. The molecule has 96 valence electrons. The molecule has 0 amide bonds. The van der Waals surface area contributed by atoms with Crippen molar-refractivity contribution in [3.05, 3.63) is 20.8 Å². The van der Waals surface area contributed by atoms with Crippen LogP contribution in [0.5, 0.6) is 0 Å². The molecule has 18 heavy (non-hydrogen) atoms. The lowest BCUT2D eigenvalue weighted by Gasteiger charge is -2.04. The second-order valence-corrected chi connectivity index (χ2v) is 6.47. The molecule has 0 saturated heterocycles. The highest BCUT2D eigenvalue weighted by Gasteiger charge is 2.17. The van der Waals surface area contributed by atoms with E-state index in [0.29, 0.717) is 15.4 Å². The number of carbonyl (C=O) groups is 1. The van der Waals surface area contributed by atoms with E-state index in [1.54, 1.807) is 6.92 Å². The Hall–Kier alpha value is -1.34. The van der Waals surface area contributed by atoms with E-state index < -0.39 is 11.2 Å². The van der Waals surface area contributed by atoms with Gasteiger partial charge in [0.15, 0.2) is 5.16 Å². The molecule has 2 aromatic rings. The van der Waals surface area contributed by atoms with Crippen LogP contribution in [0.15, 0.2) is 9.95 Å². The summed E-state index contributed by atoms with van der Waals surface area (Å²) in [4.78, 5) is 31.4. The molecule has 0 saturated carbocycles. The lowest BCUT2D eigenvalue weighted by molar-refractivity contribution is -0.136. The van der Waals surface area contributed by atoms with Gasteiger partial charge in [-0.2, -0.15) is 0 Å². The van der Waals surface area contributed by atoms with Crippen LogP contribution < -0.4 is 5.56 Å². The van der Waals surface area contributed by atoms with E-state index in [1.165, 1.54) is 11.3 Å². The molecule has 0 unspecified atom stereocenters.